The summed E-state index contributed by atoms with van der Waals surface area (Å²) in [7, 11) is 3.28. The molecule has 2 aromatic heterocycles. The van der Waals surface area contributed by atoms with Crippen molar-refractivity contribution in [3.63, 3.8) is 0 Å². The second-order valence-electron chi connectivity index (χ2n) is 7.13. The molecule has 154 valence electrons. The van der Waals surface area contributed by atoms with Crippen LogP contribution in [0.5, 0.6) is 11.5 Å². The molecule has 0 aliphatic carbocycles. The summed E-state index contributed by atoms with van der Waals surface area (Å²) in [6.07, 6.45) is 5.25. The SMILES string of the molecule is COc1ccc(OC)c(Sc2nc3c([nH]2)c(=N)ncn3CCC2CCNCC2)c1. The first kappa shape index (κ1) is 19.8. The van der Waals surface area contributed by atoms with Crippen LogP contribution in [0.3, 0.4) is 0 Å². The molecule has 3 heterocycles. The smallest absolute Gasteiger partial charge is 0.173 e. The summed E-state index contributed by atoms with van der Waals surface area (Å²) >= 11 is 1.45. The first-order valence-electron chi connectivity index (χ1n) is 9.78. The standard InChI is InChI=1S/C20H26N6O2S/c1-27-14-3-4-15(28-2)16(11-14)29-20-24-17-18(21)23-12-26(19(17)25-20)10-7-13-5-8-22-9-6-13/h3-4,11-13,21-22H,5-10H2,1-2H3,(H,24,25). The van der Waals surface area contributed by atoms with Crippen LogP contribution in [0.1, 0.15) is 19.3 Å². The van der Waals surface area contributed by atoms with Crippen molar-refractivity contribution in [2.45, 2.75) is 35.9 Å². The molecule has 1 aromatic carbocycles. The Morgan fingerprint density at radius 3 is 2.83 bits per heavy atom. The van der Waals surface area contributed by atoms with Crippen molar-refractivity contribution in [3.05, 3.63) is 30.0 Å². The summed E-state index contributed by atoms with van der Waals surface area (Å²) in [5.74, 6) is 2.23. The summed E-state index contributed by atoms with van der Waals surface area (Å²) in [5, 5.41) is 12.3. The average Bonchev–Trinajstić information content (AvgIpc) is 3.18. The Bertz CT molecular complexity index is 1040. The van der Waals surface area contributed by atoms with E-state index in [1.54, 1.807) is 20.5 Å². The van der Waals surface area contributed by atoms with Crippen molar-refractivity contribution in [2.24, 2.45) is 5.92 Å². The number of nitrogens with one attached hydrogen (secondary N) is 3. The maximum absolute atomic E-state index is 8.17. The third-order valence-electron chi connectivity index (χ3n) is 5.31. The molecule has 0 spiro atoms. The molecule has 8 nitrogen and oxygen atoms in total. The first-order valence-corrected chi connectivity index (χ1v) is 10.6. The number of aryl methyl sites for hydroxylation is 1. The lowest BCUT2D eigenvalue weighted by molar-refractivity contribution is 0.338. The van der Waals surface area contributed by atoms with Crippen LogP contribution in [0.25, 0.3) is 11.2 Å². The van der Waals surface area contributed by atoms with Gasteiger partial charge in [-0.25, -0.2) is 9.97 Å². The molecular weight excluding hydrogens is 388 g/mol. The summed E-state index contributed by atoms with van der Waals surface area (Å²) in [6.45, 7) is 3.05. The highest BCUT2D eigenvalue weighted by molar-refractivity contribution is 7.99. The molecule has 3 aromatic rings. The highest BCUT2D eigenvalue weighted by atomic mass is 32.2. The van der Waals surface area contributed by atoms with Crippen molar-refractivity contribution in [1.29, 1.82) is 5.41 Å². The molecular formula is C20H26N6O2S. The van der Waals surface area contributed by atoms with E-state index in [-0.39, 0.29) is 5.49 Å². The maximum Gasteiger partial charge on any atom is 0.173 e. The number of fused-ring (bicyclic) bond motifs is 1. The van der Waals surface area contributed by atoms with Gasteiger partial charge in [0.25, 0.3) is 0 Å². The van der Waals surface area contributed by atoms with E-state index in [0.29, 0.717) is 10.7 Å². The minimum atomic E-state index is 0.204. The van der Waals surface area contributed by atoms with Crippen molar-refractivity contribution in [2.75, 3.05) is 27.3 Å². The Hall–Kier alpha value is -2.52. The number of piperidine rings is 1. The molecule has 0 amide bonds. The van der Waals surface area contributed by atoms with E-state index in [4.69, 9.17) is 19.9 Å². The Morgan fingerprint density at radius 2 is 2.07 bits per heavy atom. The Labute approximate surface area is 173 Å². The molecule has 1 fully saturated rings. The fraction of sp³-hybridized carbons (Fsp3) is 0.450. The van der Waals surface area contributed by atoms with Gasteiger partial charge in [-0.1, -0.05) is 0 Å². The molecule has 0 saturated carbocycles. The van der Waals surface area contributed by atoms with Gasteiger partial charge in [-0.05, 0) is 68.2 Å². The molecule has 29 heavy (non-hydrogen) atoms. The summed E-state index contributed by atoms with van der Waals surface area (Å²) in [4.78, 5) is 13.2. The minimum absolute atomic E-state index is 0.204. The summed E-state index contributed by atoms with van der Waals surface area (Å²) < 4.78 is 12.9. The van der Waals surface area contributed by atoms with E-state index in [1.165, 1.54) is 24.6 Å². The average molecular weight is 415 g/mol. The van der Waals surface area contributed by atoms with E-state index in [9.17, 15) is 0 Å². The number of imidazole rings is 1. The van der Waals surface area contributed by atoms with Gasteiger partial charge in [-0.2, -0.15) is 0 Å². The quantitative estimate of drug-likeness (QED) is 0.550. The fourth-order valence-electron chi connectivity index (χ4n) is 3.63. The number of hydrogen-bond donors (Lipinski definition) is 3. The van der Waals surface area contributed by atoms with E-state index in [1.807, 2.05) is 18.2 Å². The topological polar surface area (TPSA) is 101 Å². The number of aromatic nitrogens is 4. The van der Waals surface area contributed by atoms with Gasteiger partial charge in [-0.15, -0.1) is 0 Å². The summed E-state index contributed by atoms with van der Waals surface area (Å²) in [5.41, 5.74) is 1.63. The normalized spacial score (nSPS) is 15.0. The van der Waals surface area contributed by atoms with Gasteiger partial charge in [0, 0.05) is 6.54 Å². The van der Waals surface area contributed by atoms with Gasteiger partial charge in [-0.3, -0.25) is 5.41 Å². The van der Waals surface area contributed by atoms with Gasteiger partial charge in [0.2, 0.25) is 0 Å². The molecule has 0 bridgehead atoms. The lowest BCUT2D eigenvalue weighted by Gasteiger charge is -2.22. The predicted octanol–water partition coefficient (Wildman–Crippen LogP) is 2.80. The lowest BCUT2D eigenvalue weighted by Crippen LogP contribution is -2.28. The number of methoxy groups -OCH3 is 2. The molecule has 0 atom stereocenters. The van der Waals surface area contributed by atoms with Crippen LogP contribution in [-0.2, 0) is 6.54 Å². The largest absolute Gasteiger partial charge is 0.497 e. The number of rotatable bonds is 7. The van der Waals surface area contributed by atoms with Gasteiger partial charge in [0.1, 0.15) is 17.0 Å². The third kappa shape index (κ3) is 4.40. The Morgan fingerprint density at radius 1 is 1.24 bits per heavy atom. The highest BCUT2D eigenvalue weighted by Crippen LogP contribution is 2.36. The molecule has 1 aliphatic rings. The van der Waals surface area contributed by atoms with Crippen molar-refractivity contribution in [1.82, 2.24) is 24.8 Å². The first-order chi connectivity index (χ1) is 14.2. The number of aromatic amines is 1. The van der Waals surface area contributed by atoms with Crippen molar-refractivity contribution < 1.29 is 9.47 Å². The van der Waals surface area contributed by atoms with E-state index in [2.05, 4.69) is 19.9 Å². The molecule has 4 rings (SSSR count). The third-order valence-corrected chi connectivity index (χ3v) is 6.24. The van der Waals surface area contributed by atoms with Crippen LogP contribution in [0, 0.1) is 11.3 Å². The van der Waals surface area contributed by atoms with Gasteiger partial charge in [0.15, 0.2) is 16.3 Å². The van der Waals surface area contributed by atoms with Crippen molar-refractivity contribution in [3.8, 4) is 11.5 Å². The maximum atomic E-state index is 8.17. The highest BCUT2D eigenvalue weighted by Gasteiger charge is 2.16. The molecule has 0 radical (unpaired) electrons. The zero-order valence-electron chi connectivity index (χ0n) is 16.7. The Kier molecular flexibility index (Phi) is 6.05. The second-order valence-corrected chi connectivity index (χ2v) is 8.16. The number of ether oxygens (including phenoxy) is 2. The number of hydrogen-bond acceptors (Lipinski definition) is 7. The number of benzene rings is 1. The van der Waals surface area contributed by atoms with Gasteiger partial charge < -0.3 is 24.3 Å². The lowest BCUT2D eigenvalue weighted by atomic mass is 9.95. The zero-order chi connectivity index (χ0) is 20.2. The second kappa shape index (κ2) is 8.87. The van der Waals surface area contributed by atoms with Crippen LogP contribution in [-0.4, -0.2) is 46.8 Å². The summed E-state index contributed by atoms with van der Waals surface area (Å²) in [6, 6.07) is 5.66. The minimum Gasteiger partial charge on any atom is -0.497 e. The predicted molar refractivity (Wildman–Crippen MR) is 112 cm³/mol. The fourth-order valence-corrected chi connectivity index (χ4v) is 4.55. The van der Waals surface area contributed by atoms with E-state index >= 15 is 0 Å². The van der Waals surface area contributed by atoms with Crippen LogP contribution >= 0.6 is 11.8 Å². The van der Waals surface area contributed by atoms with E-state index < -0.39 is 0 Å². The zero-order valence-corrected chi connectivity index (χ0v) is 17.5. The van der Waals surface area contributed by atoms with Crippen LogP contribution < -0.4 is 20.3 Å². The monoisotopic (exact) mass is 414 g/mol. The Balaban J connectivity index is 1.60. The molecule has 3 N–H and O–H groups in total. The van der Waals surface area contributed by atoms with E-state index in [0.717, 1.165) is 54.0 Å². The van der Waals surface area contributed by atoms with Crippen LogP contribution in [0.4, 0.5) is 0 Å². The van der Waals surface area contributed by atoms with Gasteiger partial charge >= 0.3 is 0 Å². The number of H-pyrrole nitrogens is 1. The molecule has 1 saturated heterocycles. The molecule has 9 heteroatoms. The molecule has 1 aliphatic heterocycles. The van der Waals surface area contributed by atoms with Crippen LogP contribution in [0.2, 0.25) is 0 Å². The number of nitrogens with zero attached hydrogens (tertiary/aromatic N) is 3. The van der Waals surface area contributed by atoms with Gasteiger partial charge in [0.05, 0.1) is 25.4 Å². The molecule has 0 unspecified atom stereocenters. The van der Waals surface area contributed by atoms with Crippen molar-refractivity contribution >= 4 is 22.9 Å². The van der Waals surface area contributed by atoms with Crippen LogP contribution in [0.15, 0.2) is 34.6 Å².